The highest BCUT2D eigenvalue weighted by Gasteiger charge is 2.41. The highest BCUT2D eigenvalue weighted by atomic mass is 16.5. The number of nitrogens with one attached hydrogen (secondary N) is 4. The number of methoxy groups -OCH3 is 2. The second-order valence-electron chi connectivity index (χ2n) is 15.9. The van der Waals surface area contributed by atoms with Crippen LogP contribution in [0.4, 0.5) is 9.59 Å². The molecule has 2 aliphatic heterocycles. The molecule has 0 spiro atoms. The molecule has 2 aromatic carbocycles. The summed E-state index contributed by atoms with van der Waals surface area (Å²) in [6.45, 7) is 13.0. The van der Waals surface area contributed by atoms with E-state index in [1.165, 1.54) is 14.2 Å². The molecule has 4 aromatic rings. The highest BCUT2D eigenvalue weighted by Crippen LogP contribution is 2.38. The van der Waals surface area contributed by atoms with E-state index in [2.05, 4.69) is 83.0 Å². The molecule has 14 heteroatoms. The van der Waals surface area contributed by atoms with Gasteiger partial charge in [-0.2, -0.15) is 0 Å². The fourth-order valence-electron chi connectivity index (χ4n) is 7.84. The Hall–Kier alpha value is -5.66. The van der Waals surface area contributed by atoms with Gasteiger partial charge in [0.25, 0.3) is 0 Å². The van der Waals surface area contributed by atoms with Crippen LogP contribution in [0, 0.1) is 23.7 Å². The van der Waals surface area contributed by atoms with Gasteiger partial charge < -0.3 is 39.9 Å². The molecular weight excluding hydrogens is 713 g/mol. The van der Waals surface area contributed by atoms with E-state index >= 15 is 0 Å². The van der Waals surface area contributed by atoms with Crippen molar-refractivity contribution in [3.05, 3.63) is 72.6 Å². The fraction of sp³-hybridized carbons (Fsp3) is 0.476. The van der Waals surface area contributed by atoms with Crippen LogP contribution in [0.15, 0.2) is 60.9 Å². The number of carbonyl (C=O) groups is 4. The summed E-state index contributed by atoms with van der Waals surface area (Å²) in [6.07, 6.45) is 3.89. The third-order valence-corrected chi connectivity index (χ3v) is 10.9. The number of ether oxygens (including phenoxy) is 2. The second kappa shape index (κ2) is 17.0. The molecule has 298 valence electrons. The van der Waals surface area contributed by atoms with Crippen LogP contribution in [0.3, 0.4) is 0 Å². The standard InChI is InChI=1S/C42H54N8O6/c1-23(2)35(47-41(53)55-7)39(51)49-21-25(5)17-33(49)37-43-19-31(45-37)29-13-9-27(10-14-29)28-11-15-30(16-12-28)32-20-44-38(46-32)34-18-26(6)22-50(34)40(52)36(24(3)4)48-42(54)56-8/h9-16,19-20,23-26,33-36H,17-18,21-22H2,1-8H3,(H,43,45)(H,44,46)(H,47,53)(H,48,54)/t25-,26-,33-,34-,35-,36-/m0/s1. The Balaban J connectivity index is 1.13. The van der Waals surface area contributed by atoms with E-state index < -0.39 is 24.3 Å². The molecule has 6 atom stereocenters. The molecule has 0 radical (unpaired) electrons. The lowest BCUT2D eigenvalue weighted by molar-refractivity contribution is -0.136. The summed E-state index contributed by atoms with van der Waals surface area (Å²) < 4.78 is 9.55. The molecule has 6 rings (SSSR count). The maximum atomic E-state index is 13.7. The van der Waals surface area contributed by atoms with Gasteiger partial charge in [-0.05, 0) is 58.8 Å². The number of likely N-dealkylation sites (tertiary alicyclic amines) is 2. The molecule has 14 nitrogen and oxygen atoms in total. The third kappa shape index (κ3) is 8.58. The van der Waals surface area contributed by atoms with Crippen molar-refractivity contribution >= 4 is 24.0 Å². The fourth-order valence-corrected chi connectivity index (χ4v) is 7.84. The molecule has 2 aliphatic rings. The number of benzene rings is 2. The molecule has 2 saturated heterocycles. The Morgan fingerprint density at radius 1 is 0.625 bits per heavy atom. The molecule has 4 heterocycles. The van der Waals surface area contributed by atoms with Gasteiger partial charge in [0.05, 0.1) is 50.1 Å². The van der Waals surface area contributed by atoms with Crippen LogP contribution in [-0.4, -0.2) is 93.1 Å². The topological polar surface area (TPSA) is 175 Å². The molecule has 2 fully saturated rings. The van der Waals surface area contributed by atoms with Gasteiger partial charge in [-0.15, -0.1) is 0 Å². The quantitative estimate of drug-likeness (QED) is 0.130. The number of imidazole rings is 2. The first kappa shape index (κ1) is 40.0. The third-order valence-electron chi connectivity index (χ3n) is 10.9. The minimum Gasteiger partial charge on any atom is -0.453 e. The number of aromatic amines is 2. The molecule has 2 aromatic heterocycles. The van der Waals surface area contributed by atoms with E-state index in [9.17, 15) is 19.2 Å². The monoisotopic (exact) mass is 766 g/mol. The molecule has 56 heavy (non-hydrogen) atoms. The number of amides is 4. The first-order valence-electron chi connectivity index (χ1n) is 19.4. The Bertz CT molecular complexity index is 1860. The summed E-state index contributed by atoms with van der Waals surface area (Å²) in [6, 6.07) is 14.6. The molecule has 4 N–H and O–H groups in total. The first-order chi connectivity index (χ1) is 26.8. The predicted molar refractivity (Wildman–Crippen MR) is 212 cm³/mol. The normalized spacial score (nSPS) is 20.6. The summed E-state index contributed by atoms with van der Waals surface area (Å²) in [5.74, 6) is 1.48. The first-order valence-corrected chi connectivity index (χ1v) is 19.4. The van der Waals surface area contributed by atoms with Gasteiger partial charge in [-0.25, -0.2) is 19.6 Å². The predicted octanol–water partition coefficient (Wildman–Crippen LogP) is 6.71. The number of alkyl carbamates (subject to hydrolysis) is 2. The van der Waals surface area contributed by atoms with Crippen molar-refractivity contribution in [3.8, 4) is 33.6 Å². The number of hydrogen-bond acceptors (Lipinski definition) is 8. The Morgan fingerprint density at radius 3 is 1.29 bits per heavy atom. The van der Waals surface area contributed by atoms with Crippen molar-refractivity contribution in [2.75, 3.05) is 27.3 Å². The average Bonchev–Trinajstić information content (AvgIpc) is 4.02. The van der Waals surface area contributed by atoms with Gasteiger partial charge in [0, 0.05) is 13.1 Å². The number of aromatic nitrogens is 4. The van der Waals surface area contributed by atoms with E-state index in [0.717, 1.165) is 58.1 Å². The smallest absolute Gasteiger partial charge is 0.407 e. The number of carbonyl (C=O) groups excluding carboxylic acids is 4. The van der Waals surface area contributed by atoms with Crippen LogP contribution in [0.25, 0.3) is 33.6 Å². The van der Waals surface area contributed by atoms with Gasteiger partial charge in [0.15, 0.2) is 0 Å². The van der Waals surface area contributed by atoms with E-state index in [-0.39, 0.29) is 47.6 Å². The number of hydrogen-bond donors (Lipinski definition) is 4. The molecule has 4 amide bonds. The number of rotatable bonds is 11. The van der Waals surface area contributed by atoms with Gasteiger partial charge in [0.1, 0.15) is 23.7 Å². The van der Waals surface area contributed by atoms with E-state index in [1.54, 1.807) is 12.4 Å². The lowest BCUT2D eigenvalue weighted by Gasteiger charge is -2.30. The molecule has 0 saturated carbocycles. The molecule has 0 bridgehead atoms. The minimum absolute atomic E-state index is 0.114. The SMILES string of the molecule is COC(=O)N[C@H](C(=O)N1C[C@@H](C)C[C@H]1c1ncc(-c2ccc(-c3ccc(-c4cnc([C@@H]5C[C@H](C)CN5C(=O)[C@@H](NC(=O)OC)C(C)C)[nH]4)cc3)cc2)[nH]1)C(C)C. The van der Waals surface area contributed by atoms with Crippen LogP contribution in [0.2, 0.25) is 0 Å². The zero-order chi connectivity index (χ0) is 40.3. The molecule has 0 unspecified atom stereocenters. The number of nitrogens with zero attached hydrogens (tertiary/aromatic N) is 4. The lowest BCUT2D eigenvalue weighted by atomic mass is 10.0. The summed E-state index contributed by atoms with van der Waals surface area (Å²) in [5.41, 5.74) is 5.76. The van der Waals surface area contributed by atoms with Crippen LogP contribution in [0.5, 0.6) is 0 Å². The van der Waals surface area contributed by atoms with Crippen molar-refractivity contribution < 1.29 is 28.7 Å². The Kier molecular flexibility index (Phi) is 12.2. The summed E-state index contributed by atoms with van der Waals surface area (Å²) in [7, 11) is 2.58. The van der Waals surface area contributed by atoms with Crippen molar-refractivity contribution in [1.29, 1.82) is 0 Å². The van der Waals surface area contributed by atoms with Crippen molar-refractivity contribution in [2.24, 2.45) is 23.7 Å². The Morgan fingerprint density at radius 2 is 0.964 bits per heavy atom. The molecular formula is C42H54N8O6. The minimum atomic E-state index is -0.700. The van der Waals surface area contributed by atoms with Crippen LogP contribution in [0.1, 0.15) is 78.1 Å². The zero-order valence-electron chi connectivity index (χ0n) is 33.5. The van der Waals surface area contributed by atoms with Crippen molar-refractivity contribution in [2.45, 2.75) is 78.6 Å². The largest absolute Gasteiger partial charge is 0.453 e. The van der Waals surface area contributed by atoms with Gasteiger partial charge in [-0.1, -0.05) is 90.1 Å². The van der Waals surface area contributed by atoms with Crippen LogP contribution < -0.4 is 10.6 Å². The van der Waals surface area contributed by atoms with Gasteiger partial charge in [0.2, 0.25) is 11.8 Å². The highest BCUT2D eigenvalue weighted by molar-refractivity contribution is 5.87. The summed E-state index contributed by atoms with van der Waals surface area (Å²) in [5, 5.41) is 5.42. The summed E-state index contributed by atoms with van der Waals surface area (Å²) in [4.78, 5) is 71.3. The lowest BCUT2D eigenvalue weighted by Crippen LogP contribution is -2.51. The second-order valence-corrected chi connectivity index (χ2v) is 15.9. The number of H-pyrrole nitrogens is 2. The van der Waals surface area contributed by atoms with Gasteiger partial charge >= 0.3 is 12.2 Å². The maximum absolute atomic E-state index is 13.7. The van der Waals surface area contributed by atoms with Crippen LogP contribution in [-0.2, 0) is 19.1 Å². The van der Waals surface area contributed by atoms with Crippen molar-refractivity contribution in [1.82, 2.24) is 40.4 Å². The van der Waals surface area contributed by atoms with Crippen molar-refractivity contribution in [3.63, 3.8) is 0 Å². The van der Waals surface area contributed by atoms with E-state index in [4.69, 9.17) is 19.4 Å². The Labute approximate surface area is 328 Å². The van der Waals surface area contributed by atoms with E-state index in [1.807, 2.05) is 37.5 Å². The summed E-state index contributed by atoms with van der Waals surface area (Å²) >= 11 is 0. The van der Waals surface area contributed by atoms with Crippen LogP contribution >= 0.6 is 0 Å². The molecule has 0 aliphatic carbocycles. The average molecular weight is 767 g/mol. The zero-order valence-corrected chi connectivity index (χ0v) is 33.5. The maximum Gasteiger partial charge on any atom is 0.407 e. The van der Waals surface area contributed by atoms with Gasteiger partial charge in [-0.3, -0.25) is 9.59 Å². The van der Waals surface area contributed by atoms with E-state index in [0.29, 0.717) is 13.1 Å².